The van der Waals surface area contributed by atoms with Gasteiger partial charge in [-0.2, -0.15) is 0 Å². The number of nitrogens with two attached hydrogens (primary N) is 1. The molecule has 2 aromatic rings. The standard InChI is InChI=1S/C16H17ClFNO/c1-9(2)12-8-16(10(3)6-13(12)17)20-15-5-4-11(18)7-14(15)19/h4-9H,19H2,1-3H3. The predicted octanol–water partition coefficient (Wildman–Crippen LogP) is 5.29. The van der Waals surface area contributed by atoms with Gasteiger partial charge in [0, 0.05) is 11.1 Å². The third-order valence-corrected chi connectivity index (χ3v) is 3.44. The smallest absolute Gasteiger partial charge is 0.150 e. The van der Waals surface area contributed by atoms with Crippen LogP contribution in [0.4, 0.5) is 10.1 Å². The van der Waals surface area contributed by atoms with Crippen LogP contribution in [-0.2, 0) is 0 Å². The lowest BCUT2D eigenvalue weighted by Crippen LogP contribution is -1.97. The van der Waals surface area contributed by atoms with Gasteiger partial charge >= 0.3 is 0 Å². The van der Waals surface area contributed by atoms with Crippen molar-refractivity contribution in [3.05, 3.63) is 52.3 Å². The van der Waals surface area contributed by atoms with E-state index in [0.29, 0.717) is 11.5 Å². The van der Waals surface area contributed by atoms with E-state index >= 15 is 0 Å². The van der Waals surface area contributed by atoms with Gasteiger partial charge in [-0.3, -0.25) is 0 Å². The van der Waals surface area contributed by atoms with Crippen molar-refractivity contribution in [2.75, 3.05) is 5.73 Å². The number of aryl methyl sites for hydroxylation is 1. The van der Waals surface area contributed by atoms with Crippen molar-refractivity contribution in [3.8, 4) is 11.5 Å². The molecule has 0 aliphatic carbocycles. The maximum atomic E-state index is 13.0. The molecule has 2 aromatic carbocycles. The molecule has 0 amide bonds. The Kier molecular flexibility index (Phi) is 4.19. The number of benzene rings is 2. The molecule has 4 heteroatoms. The molecular formula is C16H17ClFNO. The van der Waals surface area contributed by atoms with Crippen LogP contribution in [0, 0.1) is 12.7 Å². The molecule has 0 aromatic heterocycles. The maximum Gasteiger partial charge on any atom is 0.150 e. The molecule has 0 spiro atoms. The van der Waals surface area contributed by atoms with Crippen LogP contribution in [0.3, 0.4) is 0 Å². The fourth-order valence-electron chi connectivity index (χ4n) is 1.95. The van der Waals surface area contributed by atoms with Crippen molar-refractivity contribution in [1.82, 2.24) is 0 Å². The minimum Gasteiger partial charge on any atom is -0.455 e. The molecule has 0 heterocycles. The summed E-state index contributed by atoms with van der Waals surface area (Å²) in [6, 6.07) is 7.86. The quantitative estimate of drug-likeness (QED) is 0.781. The summed E-state index contributed by atoms with van der Waals surface area (Å²) in [6.45, 7) is 6.03. The van der Waals surface area contributed by atoms with Crippen molar-refractivity contribution in [1.29, 1.82) is 0 Å². The maximum absolute atomic E-state index is 13.0. The Bertz CT molecular complexity index is 641. The largest absolute Gasteiger partial charge is 0.455 e. The van der Waals surface area contributed by atoms with Crippen LogP contribution in [0.5, 0.6) is 11.5 Å². The number of rotatable bonds is 3. The molecule has 0 fully saturated rings. The lowest BCUT2D eigenvalue weighted by molar-refractivity contribution is 0.478. The number of hydrogen-bond acceptors (Lipinski definition) is 2. The van der Waals surface area contributed by atoms with E-state index in [1.165, 1.54) is 18.2 Å². The zero-order chi connectivity index (χ0) is 14.9. The molecule has 20 heavy (non-hydrogen) atoms. The van der Waals surface area contributed by atoms with Crippen LogP contribution in [0.25, 0.3) is 0 Å². The van der Waals surface area contributed by atoms with Crippen molar-refractivity contribution >= 4 is 17.3 Å². The highest BCUT2D eigenvalue weighted by molar-refractivity contribution is 6.31. The monoisotopic (exact) mass is 293 g/mol. The third-order valence-electron chi connectivity index (χ3n) is 3.11. The molecule has 0 bridgehead atoms. The van der Waals surface area contributed by atoms with E-state index in [1.807, 2.05) is 19.1 Å². The molecule has 2 nitrogen and oxygen atoms in total. The van der Waals surface area contributed by atoms with Gasteiger partial charge in [0.1, 0.15) is 11.6 Å². The number of ether oxygens (including phenoxy) is 1. The molecule has 2 rings (SSSR count). The Morgan fingerprint density at radius 2 is 1.85 bits per heavy atom. The van der Waals surface area contributed by atoms with Crippen molar-refractivity contribution in [2.45, 2.75) is 26.7 Å². The summed E-state index contributed by atoms with van der Waals surface area (Å²) in [7, 11) is 0. The summed E-state index contributed by atoms with van der Waals surface area (Å²) >= 11 is 6.22. The van der Waals surface area contributed by atoms with Crippen LogP contribution >= 0.6 is 11.6 Å². The van der Waals surface area contributed by atoms with E-state index in [0.717, 1.165) is 16.1 Å². The van der Waals surface area contributed by atoms with Crippen LogP contribution in [-0.4, -0.2) is 0 Å². The highest BCUT2D eigenvalue weighted by Gasteiger charge is 2.12. The lowest BCUT2D eigenvalue weighted by Gasteiger charge is -2.15. The summed E-state index contributed by atoms with van der Waals surface area (Å²) in [6.07, 6.45) is 0. The van der Waals surface area contributed by atoms with E-state index in [2.05, 4.69) is 13.8 Å². The van der Waals surface area contributed by atoms with Gasteiger partial charge in [0.15, 0.2) is 5.75 Å². The number of hydrogen-bond donors (Lipinski definition) is 1. The Morgan fingerprint density at radius 1 is 1.15 bits per heavy atom. The molecule has 0 aliphatic rings. The summed E-state index contributed by atoms with van der Waals surface area (Å²) in [5, 5.41) is 0.719. The molecule has 2 N–H and O–H groups in total. The summed E-state index contributed by atoms with van der Waals surface area (Å²) < 4.78 is 18.8. The third kappa shape index (κ3) is 3.05. The van der Waals surface area contributed by atoms with Gasteiger partial charge < -0.3 is 10.5 Å². The highest BCUT2D eigenvalue weighted by atomic mass is 35.5. The Labute approximate surface area is 123 Å². The van der Waals surface area contributed by atoms with Gasteiger partial charge in [-0.05, 0) is 48.2 Å². The van der Waals surface area contributed by atoms with E-state index in [1.54, 1.807) is 0 Å². The first-order valence-corrected chi connectivity index (χ1v) is 6.79. The topological polar surface area (TPSA) is 35.2 Å². The fraction of sp³-hybridized carbons (Fsp3) is 0.250. The van der Waals surface area contributed by atoms with Gasteiger partial charge in [-0.25, -0.2) is 4.39 Å². The first kappa shape index (κ1) is 14.7. The van der Waals surface area contributed by atoms with E-state index in [-0.39, 0.29) is 17.4 Å². The van der Waals surface area contributed by atoms with Gasteiger partial charge in [0.25, 0.3) is 0 Å². The minimum absolute atomic E-state index is 0.269. The first-order valence-electron chi connectivity index (χ1n) is 6.41. The van der Waals surface area contributed by atoms with Crippen LogP contribution in [0.2, 0.25) is 5.02 Å². The van der Waals surface area contributed by atoms with Crippen LogP contribution in [0.1, 0.15) is 30.9 Å². The van der Waals surface area contributed by atoms with Crippen molar-refractivity contribution in [2.24, 2.45) is 0 Å². The summed E-state index contributed by atoms with van der Waals surface area (Å²) in [5.41, 5.74) is 7.94. The van der Waals surface area contributed by atoms with Crippen LogP contribution < -0.4 is 10.5 Å². The van der Waals surface area contributed by atoms with Crippen LogP contribution in [0.15, 0.2) is 30.3 Å². The second-order valence-corrected chi connectivity index (χ2v) is 5.49. The molecular weight excluding hydrogens is 277 g/mol. The lowest BCUT2D eigenvalue weighted by atomic mass is 10.0. The molecule has 0 unspecified atom stereocenters. The molecule has 0 atom stereocenters. The van der Waals surface area contributed by atoms with Gasteiger partial charge in [-0.1, -0.05) is 25.4 Å². The summed E-state index contributed by atoms with van der Waals surface area (Å²) in [5.74, 6) is 1.02. The minimum atomic E-state index is -0.384. The second-order valence-electron chi connectivity index (χ2n) is 5.08. The average molecular weight is 294 g/mol. The highest BCUT2D eigenvalue weighted by Crippen LogP contribution is 2.35. The zero-order valence-corrected chi connectivity index (χ0v) is 12.5. The normalized spacial score (nSPS) is 10.9. The molecule has 106 valence electrons. The summed E-state index contributed by atoms with van der Waals surface area (Å²) in [4.78, 5) is 0. The fourth-order valence-corrected chi connectivity index (χ4v) is 2.39. The molecule has 0 aliphatic heterocycles. The predicted molar refractivity (Wildman–Crippen MR) is 81.2 cm³/mol. The number of nitrogen functional groups attached to an aromatic ring is 1. The average Bonchev–Trinajstić information content (AvgIpc) is 2.35. The van der Waals surface area contributed by atoms with Gasteiger partial charge in [-0.15, -0.1) is 0 Å². The molecule has 0 saturated carbocycles. The van der Waals surface area contributed by atoms with E-state index < -0.39 is 0 Å². The number of halogens is 2. The second kappa shape index (κ2) is 5.71. The van der Waals surface area contributed by atoms with E-state index in [4.69, 9.17) is 22.1 Å². The van der Waals surface area contributed by atoms with E-state index in [9.17, 15) is 4.39 Å². The van der Waals surface area contributed by atoms with Crippen molar-refractivity contribution in [3.63, 3.8) is 0 Å². The number of anilines is 1. The SMILES string of the molecule is Cc1cc(Cl)c(C(C)C)cc1Oc1ccc(F)cc1N. The Morgan fingerprint density at radius 3 is 2.45 bits per heavy atom. The zero-order valence-electron chi connectivity index (χ0n) is 11.7. The van der Waals surface area contributed by atoms with Gasteiger partial charge in [0.2, 0.25) is 0 Å². The molecule has 0 radical (unpaired) electrons. The van der Waals surface area contributed by atoms with Gasteiger partial charge in [0.05, 0.1) is 5.69 Å². The van der Waals surface area contributed by atoms with Crippen molar-refractivity contribution < 1.29 is 9.13 Å². The molecule has 0 saturated heterocycles. The Balaban J connectivity index is 2.40. The Hall–Kier alpha value is -1.74. The first-order chi connectivity index (χ1) is 9.38.